The van der Waals surface area contributed by atoms with Crippen molar-refractivity contribution in [3.8, 4) is 5.75 Å². The quantitative estimate of drug-likeness (QED) is 0.530. The number of aryl methyl sites for hydroxylation is 3. The fourth-order valence-corrected chi connectivity index (χ4v) is 3.14. The number of amides is 1. The average Bonchev–Trinajstić information content (AvgIpc) is 2.63. The molecule has 0 saturated carbocycles. The van der Waals surface area contributed by atoms with E-state index in [0.29, 0.717) is 5.75 Å². The maximum absolute atomic E-state index is 12.3. The summed E-state index contributed by atoms with van der Waals surface area (Å²) in [5.74, 6) is 0.368. The van der Waals surface area contributed by atoms with Crippen LogP contribution >= 0.6 is 0 Å². The molecule has 27 heavy (non-hydrogen) atoms. The molecule has 0 aliphatic heterocycles. The first-order valence-corrected chi connectivity index (χ1v) is 9.00. The molecule has 3 aromatic carbocycles. The summed E-state index contributed by atoms with van der Waals surface area (Å²) in [6.45, 7) is 7.85. The molecule has 3 aromatic rings. The molecule has 4 heteroatoms. The van der Waals surface area contributed by atoms with Gasteiger partial charge in [0.25, 0.3) is 5.91 Å². The van der Waals surface area contributed by atoms with Gasteiger partial charge in [-0.05, 0) is 61.7 Å². The molecule has 1 N–H and O–H groups in total. The van der Waals surface area contributed by atoms with Gasteiger partial charge in [-0.25, -0.2) is 5.43 Å². The van der Waals surface area contributed by atoms with Gasteiger partial charge < -0.3 is 4.74 Å². The van der Waals surface area contributed by atoms with Gasteiger partial charge in [0, 0.05) is 5.56 Å². The van der Waals surface area contributed by atoms with Gasteiger partial charge in [0.2, 0.25) is 0 Å². The topological polar surface area (TPSA) is 50.7 Å². The number of fused-ring (bicyclic) bond motifs is 1. The van der Waals surface area contributed by atoms with Crippen molar-refractivity contribution in [1.29, 1.82) is 0 Å². The zero-order chi connectivity index (χ0) is 19.4. The van der Waals surface area contributed by atoms with E-state index in [9.17, 15) is 4.79 Å². The van der Waals surface area contributed by atoms with E-state index < -0.39 is 6.10 Å². The van der Waals surface area contributed by atoms with Crippen LogP contribution in [0.25, 0.3) is 10.8 Å². The van der Waals surface area contributed by atoms with Crippen molar-refractivity contribution >= 4 is 22.9 Å². The van der Waals surface area contributed by atoms with Crippen LogP contribution in [0, 0.1) is 20.8 Å². The minimum Gasteiger partial charge on any atom is -0.481 e. The van der Waals surface area contributed by atoms with E-state index in [-0.39, 0.29) is 5.91 Å². The first-order valence-electron chi connectivity index (χ1n) is 9.00. The van der Waals surface area contributed by atoms with Crippen LogP contribution < -0.4 is 10.2 Å². The molecule has 3 rings (SSSR count). The van der Waals surface area contributed by atoms with Crippen molar-refractivity contribution < 1.29 is 9.53 Å². The zero-order valence-corrected chi connectivity index (χ0v) is 16.1. The number of nitrogens with one attached hydrogen (secondary N) is 1. The molecule has 0 unspecified atom stereocenters. The van der Waals surface area contributed by atoms with Crippen LogP contribution in [0.2, 0.25) is 0 Å². The lowest BCUT2D eigenvalue weighted by Crippen LogP contribution is -2.33. The summed E-state index contributed by atoms with van der Waals surface area (Å²) in [5.41, 5.74) is 7.05. The highest BCUT2D eigenvalue weighted by molar-refractivity contribution is 5.87. The van der Waals surface area contributed by atoms with Gasteiger partial charge in [-0.1, -0.05) is 48.0 Å². The van der Waals surface area contributed by atoms with Crippen molar-refractivity contribution in [2.75, 3.05) is 0 Å². The van der Waals surface area contributed by atoms with Crippen molar-refractivity contribution in [3.05, 3.63) is 76.9 Å². The van der Waals surface area contributed by atoms with E-state index in [0.717, 1.165) is 27.5 Å². The highest BCUT2D eigenvalue weighted by Crippen LogP contribution is 2.21. The molecule has 0 heterocycles. The molecule has 1 amide bonds. The summed E-state index contributed by atoms with van der Waals surface area (Å²) in [5, 5.41) is 6.31. The number of carbonyl (C=O) groups excluding carboxylic acids is 1. The Morgan fingerprint density at radius 2 is 1.67 bits per heavy atom. The molecular formula is C23H24N2O2. The molecule has 0 aliphatic rings. The molecule has 4 nitrogen and oxygen atoms in total. The fraction of sp³-hybridized carbons (Fsp3) is 0.217. The second-order valence-corrected chi connectivity index (χ2v) is 6.82. The van der Waals surface area contributed by atoms with Crippen LogP contribution in [-0.4, -0.2) is 18.2 Å². The third-order valence-electron chi connectivity index (χ3n) is 4.51. The van der Waals surface area contributed by atoms with E-state index in [1.807, 2.05) is 56.3 Å². The van der Waals surface area contributed by atoms with E-state index >= 15 is 0 Å². The van der Waals surface area contributed by atoms with Gasteiger partial charge in [0.05, 0.1) is 6.21 Å². The Morgan fingerprint density at radius 1 is 1.00 bits per heavy atom. The summed E-state index contributed by atoms with van der Waals surface area (Å²) in [4.78, 5) is 12.3. The molecule has 0 radical (unpaired) electrons. The van der Waals surface area contributed by atoms with Gasteiger partial charge in [0.1, 0.15) is 5.75 Å². The van der Waals surface area contributed by atoms with E-state index in [1.54, 1.807) is 13.1 Å². The molecule has 0 bridgehead atoms. The molecule has 0 fully saturated rings. The predicted molar refractivity (Wildman–Crippen MR) is 110 cm³/mol. The second kappa shape index (κ2) is 8.04. The van der Waals surface area contributed by atoms with E-state index in [2.05, 4.69) is 29.6 Å². The third-order valence-corrected chi connectivity index (χ3v) is 4.51. The van der Waals surface area contributed by atoms with Gasteiger partial charge in [0.15, 0.2) is 6.10 Å². The first-order chi connectivity index (χ1) is 12.9. The number of benzene rings is 3. The normalized spacial score (nSPS) is 12.3. The molecule has 1 atom stereocenters. The predicted octanol–water partition coefficient (Wildman–Crippen LogP) is 4.68. The molecule has 0 aliphatic carbocycles. The summed E-state index contributed by atoms with van der Waals surface area (Å²) in [7, 11) is 0. The van der Waals surface area contributed by atoms with Crippen molar-refractivity contribution in [2.24, 2.45) is 5.10 Å². The summed E-state index contributed by atoms with van der Waals surface area (Å²) >= 11 is 0. The lowest BCUT2D eigenvalue weighted by molar-refractivity contribution is -0.127. The Morgan fingerprint density at radius 3 is 2.37 bits per heavy atom. The third kappa shape index (κ3) is 4.53. The average molecular weight is 360 g/mol. The first kappa shape index (κ1) is 18.6. The van der Waals surface area contributed by atoms with Crippen LogP contribution in [0.15, 0.2) is 59.7 Å². The minimum absolute atomic E-state index is 0.290. The van der Waals surface area contributed by atoms with Gasteiger partial charge in [-0.15, -0.1) is 0 Å². The van der Waals surface area contributed by atoms with Crippen LogP contribution in [0.1, 0.15) is 29.2 Å². The minimum atomic E-state index is -0.650. The standard InChI is InChI=1S/C23H24N2O2/c1-15-11-16(2)22(17(3)12-15)14-24-25-23(26)18(4)27-21-10-9-19-7-5-6-8-20(19)13-21/h5-14,18H,1-4H3,(H,25,26)/b24-14-/t18-/m0/s1. The maximum Gasteiger partial charge on any atom is 0.280 e. The maximum atomic E-state index is 12.3. The van der Waals surface area contributed by atoms with Crippen molar-refractivity contribution in [1.82, 2.24) is 5.43 Å². The van der Waals surface area contributed by atoms with Crippen LogP contribution in [0.4, 0.5) is 0 Å². The Kier molecular flexibility index (Phi) is 5.55. The van der Waals surface area contributed by atoms with Crippen LogP contribution in [0.5, 0.6) is 5.75 Å². The Hall–Kier alpha value is -3.14. The van der Waals surface area contributed by atoms with Crippen LogP contribution in [0.3, 0.4) is 0 Å². The molecule has 0 saturated heterocycles. The van der Waals surface area contributed by atoms with Crippen molar-refractivity contribution in [3.63, 3.8) is 0 Å². The number of ether oxygens (including phenoxy) is 1. The van der Waals surface area contributed by atoms with E-state index in [4.69, 9.17) is 4.74 Å². The molecule has 0 spiro atoms. The monoisotopic (exact) mass is 360 g/mol. The number of rotatable bonds is 5. The molecular weight excluding hydrogens is 336 g/mol. The van der Waals surface area contributed by atoms with Gasteiger partial charge in [-0.3, -0.25) is 4.79 Å². The number of hydrogen-bond donors (Lipinski definition) is 1. The number of hydrogen-bond acceptors (Lipinski definition) is 3. The largest absolute Gasteiger partial charge is 0.481 e. The Bertz CT molecular complexity index is 985. The van der Waals surface area contributed by atoms with Gasteiger partial charge >= 0.3 is 0 Å². The second-order valence-electron chi connectivity index (χ2n) is 6.82. The smallest absolute Gasteiger partial charge is 0.280 e. The highest BCUT2D eigenvalue weighted by Gasteiger charge is 2.14. The molecule has 0 aromatic heterocycles. The summed E-state index contributed by atoms with van der Waals surface area (Å²) in [6, 6.07) is 18.0. The van der Waals surface area contributed by atoms with Crippen LogP contribution in [-0.2, 0) is 4.79 Å². The van der Waals surface area contributed by atoms with E-state index in [1.165, 1.54) is 5.56 Å². The number of hydrazone groups is 1. The number of nitrogens with zero attached hydrogens (tertiary/aromatic N) is 1. The molecule has 138 valence electrons. The Labute approximate surface area is 159 Å². The number of carbonyl (C=O) groups is 1. The summed E-state index contributed by atoms with van der Waals surface area (Å²) < 4.78 is 5.76. The lowest BCUT2D eigenvalue weighted by Gasteiger charge is -2.13. The fourth-order valence-electron chi connectivity index (χ4n) is 3.14. The zero-order valence-electron chi connectivity index (χ0n) is 16.1. The highest BCUT2D eigenvalue weighted by atomic mass is 16.5. The SMILES string of the molecule is Cc1cc(C)c(/C=N\NC(=O)[C@H](C)Oc2ccc3ccccc3c2)c(C)c1. The van der Waals surface area contributed by atoms with Crippen molar-refractivity contribution in [2.45, 2.75) is 33.8 Å². The Balaban J connectivity index is 1.63. The van der Waals surface area contributed by atoms with Gasteiger partial charge in [-0.2, -0.15) is 5.10 Å². The summed E-state index contributed by atoms with van der Waals surface area (Å²) in [6.07, 6.45) is 1.04. The lowest BCUT2D eigenvalue weighted by atomic mass is 10.0.